The monoisotopic (exact) mass is 272 g/mol. The molecule has 0 aliphatic heterocycles. The van der Waals surface area contributed by atoms with Gasteiger partial charge < -0.3 is 14.5 Å². The number of esters is 1. The van der Waals surface area contributed by atoms with Gasteiger partial charge in [0.15, 0.2) is 18.1 Å². The fourth-order valence-corrected chi connectivity index (χ4v) is 1.87. The highest BCUT2D eigenvalue weighted by atomic mass is 16.5. The van der Waals surface area contributed by atoms with E-state index in [2.05, 4.69) is 15.3 Å². The van der Waals surface area contributed by atoms with Gasteiger partial charge in [0.05, 0.1) is 12.5 Å². The van der Waals surface area contributed by atoms with Gasteiger partial charge in [-0.25, -0.2) is 4.98 Å². The fourth-order valence-electron chi connectivity index (χ4n) is 1.87. The number of furan rings is 1. The summed E-state index contributed by atoms with van der Waals surface area (Å²) in [5, 5.41) is 3.03. The van der Waals surface area contributed by atoms with E-state index in [0.717, 1.165) is 0 Å². The van der Waals surface area contributed by atoms with Crippen LogP contribution < -0.4 is 5.32 Å². The number of hydrogen-bond donors (Lipinski definition) is 1. The topological polar surface area (TPSA) is 81.7 Å². The standard InChI is InChI=1S/C13H12N4O3/c1-9(18)20-8-15-13-12(10-3-2-6-19-10)16-11-7-14-4-5-17(11)13/h2-7,15H,8H2,1H3. The van der Waals surface area contributed by atoms with Crippen LogP contribution in [0.5, 0.6) is 0 Å². The average molecular weight is 272 g/mol. The summed E-state index contributed by atoms with van der Waals surface area (Å²) in [6.07, 6.45) is 6.64. The van der Waals surface area contributed by atoms with Crippen molar-refractivity contribution >= 4 is 17.4 Å². The van der Waals surface area contributed by atoms with Gasteiger partial charge in [0.25, 0.3) is 0 Å². The van der Waals surface area contributed by atoms with Crippen LogP contribution >= 0.6 is 0 Å². The highest BCUT2D eigenvalue weighted by molar-refractivity contribution is 5.73. The zero-order chi connectivity index (χ0) is 13.9. The molecule has 0 saturated carbocycles. The Morgan fingerprint density at radius 1 is 1.55 bits per heavy atom. The molecule has 7 nitrogen and oxygen atoms in total. The quantitative estimate of drug-likeness (QED) is 0.577. The zero-order valence-corrected chi connectivity index (χ0v) is 10.7. The van der Waals surface area contributed by atoms with E-state index in [-0.39, 0.29) is 12.7 Å². The van der Waals surface area contributed by atoms with Crippen molar-refractivity contribution in [3.05, 3.63) is 37.0 Å². The number of aromatic nitrogens is 3. The first-order valence-corrected chi connectivity index (χ1v) is 5.99. The van der Waals surface area contributed by atoms with Gasteiger partial charge >= 0.3 is 5.97 Å². The number of rotatable bonds is 4. The summed E-state index contributed by atoms with van der Waals surface area (Å²) in [7, 11) is 0. The molecule has 0 saturated heterocycles. The molecule has 0 amide bonds. The lowest BCUT2D eigenvalue weighted by Gasteiger charge is -2.07. The highest BCUT2D eigenvalue weighted by Crippen LogP contribution is 2.28. The van der Waals surface area contributed by atoms with Gasteiger partial charge in [-0.2, -0.15) is 0 Å². The third-order valence-electron chi connectivity index (χ3n) is 2.70. The minimum absolute atomic E-state index is 0.0547. The maximum atomic E-state index is 10.8. The Hall–Kier alpha value is -2.83. The zero-order valence-electron chi connectivity index (χ0n) is 10.7. The van der Waals surface area contributed by atoms with Crippen LogP contribution in [0.15, 0.2) is 41.4 Å². The molecule has 7 heteroatoms. The number of nitrogens with one attached hydrogen (secondary N) is 1. The van der Waals surface area contributed by atoms with E-state index in [1.165, 1.54) is 6.92 Å². The largest absolute Gasteiger partial charge is 0.463 e. The number of nitrogens with zero attached hydrogens (tertiary/aromatic N) is 3. The van der Waals surface area contributed by atoms with Crippen LogP contribution in [0.25, 0.3) is 17.1 Å². The van der Waals surface area contributed by atoms with Crippen molar-refractivity contribution in [2.75, 3.05) is 12.0 Å². The van der Waals surface area contributed by atoms with Gasteiger partial charge in [0.2, 0.25) is 0 Å². The van der Waals surface area contributed by atoms with Crippen molar-refractivity contribution in [2.24, 2.45) is 0 Å². The first-order valence-electron chi connectivity index (χ1n) is 5.99. The second kappa shape index (κ2) is 5.04. The lowest BCUT2D eigenvalue weighted by Crippen LogP contribution is -2.11. The van der Waals surface area contributed by atoms with E-state index in [0.29, 0.717) is 22.9 Å². The molecule has 3 aromatic heterocycles. The Bertz CT molecular complexity index is 733. The predicted octanol–water partition coefficient (Wildman–Crippen LogP) is 1.92. The maximum absolute atomic E-state index is 10.8. The van der Waals surface area contributed by atoms with E-state index in [9.17, 15) is 4.79 Å². The fraction of sp³-hybridized carbons (Fsp3) is 0.154. The Balaban J connectivity index is 2.02. The third kappa shape index (κ3) is 2.20. The lowest BCUT2D eigenvalue weighted by molar-refractivity contribution is -0.140. The minimum atomic E-state index is -0.354. The highest BCUT2D eigenvalue weighted by Gasteiger charge is 2.15. The van der Waals surface area contributed by atoms with Crippen molar-refractivity contribution in [3.63, 3.8) is 0 Å². The predicted molar refractivity (Wildman–Crippen MR) is 70.9 cm³/mol. The smallest absolute Gasteiger partial charge is 0.304 e. The molecular weight excluding hydrogens is 260 g/mol. The summed E-state index contributed by atoms with van der Waals surface area (Å²) >= 11 is 0. The summed E-state index contributed by atoms with van der Waals surface area (Å²) in [5.74, 6) is 0.949. The van der Waals surface area contributed by atoms with Gasteiger partial charge in [-0.1, -0.05) is 0 Å². The van der Waals surface area contributed by atoms with Crippen LogP contribution in [0, 0.1) is 0 Å². The van der Waals surface area contributed by atoms with Gasteiger partial charge in [-0.05, 0) is 12.1 Å². The average Bonchev–Trinajstić information content (AvgIpc) is 3.05. The molecule has 102 valence electrons. The normalized spacial score (nSPS) is 10.7. The first kappa shape index (κ1) is 12.2. The number of imidazole rings is 1. The van der Waals surface area contributed by atoms with Crippen LogP contribution in [0.4, 0.5) is 5.82 Å². The molecule has 3 heterocycles. The Kier molecular flexibility index (Phi) is 3.08. The number of carbonyl (C=O) groups excluding carboxylic acids is 1. The van der Waals surface area contributed by atoms with Crippen LogP contribution in [0.3, 0.4) is 0 Å². The maximum Gasteiger partial charge on any atom is 0.304 e. The first-order chi connectivity index (χ1) is 9.75. The van der Waals surface area contributed by atoms with E-state index in [1.54, 1.807) is 30.9 Å². The molecule has 0 aromatic carbocycles. The number of carbonyl (C=O) groups is 1. The molecule has 0 radical (unpaired) electrons. The van der Waals surface area contributed by atoms with Gasteiger partial charge in [0.1, 0.15) is 11.5 Å². The SMILES string of the molecule is CC(=O)OCNc1c(-c2ccco2)nc2cnccn12. The Morgan fingerprint density at radius 2 is 2.45 bits per heavy atom. The van der Waals surface area contributed by atoms with E-state index in [1.807, 2.05) is 10.5 Å². The summed E-state index contributed by atoms with van der Waals surface area (Å²) in [5.41, 5.74) is 1.30. The molecule has 0 bridgehead atoms. The van der Waals surface area contributed by atoms with Crippen molar-refractivity contribution in [2.45, 2.75) is 6.92 Å². The van der Waals surface area contributed by atoms with Crippen LogP contribution in [-0.2, 0) is 9.53 Å². The molecule has 20 heavy (non-hydrogen) atoms. The Labute approximate surface area is 114 Å². The van der Waals surface area contributed by atoms with Gasteiger partial charge in [-0.15, -0.1) is 0 Å². The number of fused-ring (bicyclic) bond motifs is 1. The molecule has 0 aliphatic carbocycles. The molecule has 0 atom stereocenters. The van der Waals surface area contributed by atoms with Crippen molar-refractivity contribution < 1.29 is 13.9 Å². The molecule has 0 fully saturated rings. The molecule has 3 rings (SSSR count). The van der Waals surface area contributed by atoms with Crippen molar-refractivity contribution in [1.82, 2.24) is 14.4 Å². The molecular formula is C13H12N4O3. The number of hydrogen-bond acceptors (Lipinski definition) is 6. The third-order valence-corrected chi connectivity index (χ3v) is 2.70. The molecule has 3 aromatic rings. The Morgan fingerprint density at radius 3 is 3.20 bits per heavy atom. The molecule has 0 unspecified atom stereocenters. The summed E-state index contributed by atoms with van der Waals surface area (Å²) < 4.78 is 12.1. The molecule has 1 N–H and O–H groups in total. The minimum Gasteiger partial charge on any atom is -0.463 e. The van der Waals surface area contributed by atoms with Crippen LogP contribution in [0.1, 0.15) is 6.92 Å². The number of ether oxygens (including phenoxy) is 1. The second-order valence-corrected chi connectivity index (χ2v) is 4.05. The second-order valence-electron chi connectivity index (χ2n) is 4.05. The molecule has 0 spiro atoms. The van der Waals surface area contributed by atoms with Crippen molar-refractivity contribution in [3.8, 4) is 11.5 Å². The summed E-state index contributed by atoms with van der Waals surface area (Å²) in [4.78, 5) is 19.3. The van der Waals surface area contributed by atoms with E-state index < -0.39 is 0 Å². The summed E-state index contributed by atoms with van der Waals surface area (Å²) in [6.45, 7) is 1.41. The van der Waals surface area contributed by atoms with Gasteiger partial charge in [-0.3, -0.25) is 14.2 Å². The van der Waals surface area contributed by atoms with Crippen LogP contribution in [-0.4, -0.2) is 27.1 Å². The number of anilines is 1. The van der Waals surface area contributed by atoms with Gasteiger partial charge in [0, 0.05) is 19.3 Å². The molecule has 0 aliphatic rings. The van der Waals surface area contributed by atoms with E-state index in [4.69, 9.17) is 9.15 Å². The lowest BCUT2D eigenvalue weighted by atomic mass is 10.3. The summed E-state index contributed by atoms with van der Waals surface area (Å²) in [6, 6.07) is 3.60. The van der Waals surface area contributed by atoms with Crippen molar-refractivity contribution in [1.29, 1.82) is 0 Å². The van der Waals surface area contributed by atoms with E-state index >= 15 is 0 Å². The van der Waals surface area contributed by atoms with Crippen LogP contribution in [0.2, 0.25) is 0 Å².